The van der Waals surface area contributed by atoms with Crippen LogP contribution in [0.3, 0.4) is 0 Å². The quantitative estimate of drug-likeness (QED) is 0.521. The maximum atomic E-state index is 13.2. The number of hydrogen-bond donors (Lipinski definition) is 1. The first kappa shape index (κ1) is 19.0. The Labute approximate surface area is 159 Å². The van der Waals surface area contributed by atoms with Crippen molar-refractivity contribution in [3.8, 4) is 22.6 Å². The first-order valence-corrected chi connectivity index (χ1v) is 9.57. The highest BCUT2D eigenvalue weighted by Gasteiger charge is 2.16. The Balaban J connectivity index is 2.04. The largest absolute Gasteiger partial charge is 0.508 e. The Morgan fingerprint density at radius 1 is 1.00 bits per heavy atom. The first-order valence-electron chi connectivity index (χ1n) is 9.57. The summed E-state index contributed by atoms with van der Waals surface area (Å²) in [4.78, 5) is 13.2. The summed E-state index contributed by atoms with van der Waals surface area (Å²) in [7, 11) is 1.62. The molecular formula is C23H26O4. The van der Waals surface area contributed by atoms with Crippen LogP contribution in [0.25, 0.3) is 22.1 Å². The molecule has 0 saturated heterocycles. The monoisotopic (exact) mass is 366 g/mol. The Hall–Kier alpha value is -2.75. The minimum atomic E-state index is -0.0648. The second-order valence-corrected chi connectivity index (χ2v) is 6.80. The molecule has 0 amide bonds. The van der Waals surface area contributed by atoms with E-state index in [4.69, 9.17) is 9.15 Å². The van der Waals surface area contributed by atoms with Gasteiger partial charge in [0.15, 0.2) is 0 Å². The highest BCUT2D eigenvalue weighted by atomic mass is 16.5. The van der Waals surface area contributed by atoms with Gasteiger partial charge in [-0.1, -0.05) is 44.7 Å². The number of fused-ring (bicyclic) bond motifs is 1. The van der Waals surface area contributed by atoms with Gasteiger partial charge in [0.05, 0.1) is 18.1 Å². The highest BCUT2D eigenvalue weighted by Crippen LogP contribution is 2.29. The summed E-state index contributed by atoms with van der Waals surface area (Å²) in [6, 6.07) is 12.1. The van der Waals surface area contributed by atoms with E-state index in [-0.39, 0.29) is 11.2 Å². The van der Waals surface area contributed by atoms with Gasteiger partial charge in [0, 0.05) is 12.5 Å². The summed E-state index contributed by atoms with van der Waals surface area (Å²) in [5.74, 6) is 1.52. The molecule has 4 nitrogen and oxygen atoms in total. The van der Waals surface area contributed by atoms with Gasteiger partial charge in [-0.2, -0.15) is 0 Å². The molecule has 0 spiro atoms. The molecule has 0 fully saturated rings. The van der Waals surface area contributed by atoms with Crippen molar-refractivity contribution in [2.75, 3.05) is 7.11 Å². The number of phenols is 1. The summed E-state index contributed by atoms with van der Waals surface area (Å²) in [6.07, 6.45) is 6.38. The van der Waals surface area contributed by atoms with Crippen LogP contribution in [0.15, 0.2) is 51.7 Å². The predicted octanol–water partition coefficient (Wildman–Crippen LogP) is 5.69. The third-order valence-electron chi connectivity index (χ3n) is 4.83. The number of aromatic hydroxyl groups is 1. The lowest BCUT2D eigenvalue weighted by atomic mass is 9.99. The van der Waals surface area contributed by atoms with E-state index in [0.29, 0.717) is 28.7 Å². The number of benzene rings is 2. The van der Waals surface area contributed by atoms with E-state index in [9.17, 15) is 9.90 Å². The molecular weight excluding hydrogens is 340 g/mol. The Morgan fingerprint density at radius 3 is 2.44 bits per heavy atom. The van der Waals surface area contributed by atoms with Gasteiger partial charge in [-0.3, -0.25) is 4.79 Å². The maximum Gasteiger partial charge on any atom is 0.200 e. The van der Waals surface area contributed by atoms with Crippen molar-refractivity contribution in [3.05, 3.63) is 58.4 Å². The lowest BCUT2D eigenvalue weighted by Crippen LogP contribution is -2.09. The number of hydrogen-bond acceptors (Lipinski definition) is 4. The van der Waals surface area contributed by atoms with Crippen molar-refractivity contribution < 1.29 is 14.3 Å². The van der Waals surface area contributed by atoms with Crippen LogP contribution in [-0.4, -0.2) is 12.2 Å². The molecule has 27 heavy (non-hydrogen) atoms. The van der Waals surface area contributed by atoms with Crippen molar-refractivity contribution >= 4 is 11.0 Å². The number of rotatable bonds is 8. The molecule has 0 atom stereocenters. The van der Waals surface area contributed by atoms with Crippen LogP contribution in [0, 0.1) is 0 Å². The molecule has 0 aliphatic heterocycles. The zero-order chi connectivity index (χ0) is 19.2. The van der Waals surface area contributed by atoms with Gasteiger partial charge in [-0.25, -0.2) is 0 Å². The number of methoxy groups -OCH3 is 1. The van der Waals surface area contributed by atoms with Gasteiger partial charge >= 0.3 is 0 Å². The summed E-state index contributed by atoms with van der Waals surface area (Å²) in [5.41, 5.74) is 1.79. The molecule has 1 aromatic heterocycles. The second-order valence-electron chi connectivity index (χ2n) is 6.80. The first-order chi connectivity index (χ1) is 13.1. The van der Waals surface area contributed by atoms with Crippen LogP contribution >= 0.6 is 0 Å². The van der Waals surface area contributed by atoms with Crippen LogP contribution in [-0.2, 0) is 6.42 Å². The van der Waals surface area contributed by atoms with Crippen LogP contribution in [0.1, 0.15) is 44.8 Å². The molecule has 0 bridgehead atoms. The molecule has 3 rings (SSSR count). The molecule has 4 heteroatoms. The lowest BCUT2D eigenvalue weighted by Gasteiger charge is -2.11. The summed E-state index contributed by atoms with van der Waals surface area (Å²) in [5, 5.41) is 10.2. The third-order valence-corrected chi connectivity index (χ3v) is 4.83. The van der Waals surface area contributed by atoms with Crippen molar-refractivity contribution in [1.82, 2.24) is 0 Å². The van der Waals surface area contributed by atoms with Gasteiger partial charge in [0.2, 0.25) is 5.43 Å². The Morgan fingerprint density at radius 2 is 1.74 bits per heavy atom. The van der Waals surface area contributed by atoms with E-state index in [1.807, 2.05) is 24.3 Å². The number of aryl methyl sites for hydroxylation is 1. The lowest BCUT2D eigenvalue weighted by molar-refractivity contribution is 0.415. The average Bonchev–Trinajstić information content (AvgIpc) is 2.68. The standard InChI is InChI=1S/C23H26O4/c1-3-4-5-6-7-8-20-22(16-9-12-18(26-2)13-10-16)23(25)19-14-11-17(24)15-21(19)27-20/h9-15,24H,3-8H2,1-2H3. The molecule has 1 N–H and O–H groups in total. The van der Waals surface area contributed by atoms with Gasteiger partial charge < -0.3 is 14.3 Å². The summed E-state index contributed by atoms with van der Waals surface area (Å²) in [6.45, 7) is 2.19. The SMILES string of the molecule is CCCCCCCc1oc2cc(O)ccc2c(=O)c1-c1ccc(OC)cc1. The van der Waals surface area contributed by atoms with Crippen molar-refractivity contribution in [2.45, 2.75) is 45.4 Å². The van der Waals surface area contributed by atoms with E-state index in [2.05, 4.69) is 6.92 Å². The fraction of sp³-hybridized carbons (Fsp3) is 0.348. The van der Waals surface area contributed by atoms with E-state index >= 15 is 0 Å². The highest BCUT2D eigenvalue weighted by molar-refractivity contribution is 5.83. The molecule has 0 radical (unpaired) electrons. The van der Waals surface area contributed by atoms with Gasteiger partial charge in [0.1, 0.15) is 22.8 Å². The van der Waals surface area contributed by atoms with Crippen molar-refractivity contribution in [1.29, 1.82) is 0 Å². The molecule has 1 heterocycles. The van der Waals surface area contributed by atoms with Crippen LogP contribution in [0.2, 0.25) is 0 Å². The number of ether oxygens (including phenoxy) is 1. The van der Waals surface area contributed by atoms with Crippen LogP contribution in [0.4, 0.5) is 0 Å². The average molecular weight is 366 g/mol. The topological polar surface area (TPSA) is 59.7 Å². The summed E-state index contributed by atoms with van der Waals surface area (Å²) >= 11 is 0. The van der Waals surface area contributed by atoms with E-state index in [1.54, 1.807) is 13.2 Å². The number of unbranched alkanes of at least 4 members (excludes halogenated alkanes) is 4. The fourth-order valence-electron chi connectivity index (χ4n) is 3.34. The van der Waals surface area contributed by atoms with E-state index in [1.165, 1.54) is 31.4 Å². The smallest absolute Gasteiger partial charge is 0.200 e. The molecule has 0 unspecified atom stereocenters. The molecule has 142 valence electrons. The zero-order valence-corrected chi connectivity index (χ0v) is 16.0. The molecule has 3 aromatic rings. The number of phenolic OH excluding ortho intramolecular Hbond substituents is 1. The molecule has 2 aromatic carbocycles. The minimum Gasteiger partial charge on any atom is -0.508 e. The van der Waals surface area contributed by atoms with Gasteiger partial charge in [0.25, 0.3) is 0 Å². The van der Waals surface area contributed by atoms with E-state index < -0.39 is 0 Å². The Kier molecular flexibility index (Phi) is 6.17. The minimum absolute atomic E-state index is 0.0648. The molecule has 0 aliphatic rings. The van der Waals surface area contributed by atoms with Gasteiger partial charge in [-0.15, -0.1) is 0 Å². The normalized spacial score (nSPS) is 11.0. The van der Waals surface area contributed by atoms with Gasteiger partial charge in [-0.05, 0) is 36.2 Å². The molecule has 0 aliphatic carbocycles. The fourth-order valence-corrected chi connectivity index (χ4v) is 3.34. The molecule has 0 saturated carbocycles. The maximum absolute atomic E-state index is 13.2. The summed E-state index contributed by atoms with van der Waals surface area (Å²) < 4.78 is 11.3. The van der Waals surface area contributed by atoms with Crippen LogP contribution in [0.5, 0.6) is 11.5 Å². The van der Waals surface area contributed by atoms with Crippen molar-refractivity contribution in [2.24, 2.45) is 0 Å². The zero-order valence-electron chi connectivity index (χ0n) is 16.0. The third kappa shape index (κ3) is 4.33. The van der Waals surface area contributed by atoms with E-state index in [0.717, 1.165) is 24.2 Å². The Bertz CT molecular complexity index is 955. The van der Waals surface area contributed by atoms with Crippen molar-refractivity contribution in [3.63, 3.8) is 0 Å². The predicted molar refractivity (Wildman–Crippen MR) is 109 cm³/mol. The second kappa shape index (κ2) is 8.76. The van der Waals surface area contributed by atoms with Crippen LogP contribution < -0.4 is 10.2 Å².